The molecule has 0 aliphatic heterocycles. The molecule has 0 fully saturated rings. The molecule has 0 amide bonds. The summed E-state index contributed by atoms with van der Waals surface area (Å²) in [5.41, 5.74) is 10.0. The standard InChI is InChI=1S/C18H26N6O5P5S/c1-20-18(34(25,26-3)27-4)15-7-11-17(12-8-15)29-33(35)24(2)21-13-14-5-9-16(10-6-14)28-31-32(30)23-22-19/h5-13,18,20,31H,30H2,1-4H3/q+1. The van der Waals surface area contributed by atoms with Gasteiger partial charge in [-0.05, 0) is 60.1 Å². The quantitative estimate of drug-likeness (QED) is 0.0626. The van der Waals surface area contributed by atoms with Crippen LogP contribution in [-0.4, -0.2) is 39.3 Å². The maximum Gasteiger partial charge on any atom is 0.540 e. The van der Waals surface area contributed by atoms with E-state index in [0.717, 1.165) is 11.1 Å². The van der Waals surface area contributed by atoms with Crippen LogP contribution in [0.4, 0.5) is 0 Å². The second-order valence-electron chi connectivity index (χ2n) is 6.51. The van der Waals surface area contributed by atoms with Crippen LogP contribution in [0.2, 0.25) is 0 Å². The van der Waals surface area contributed by atoms with Gasteiger partial charge in [0, 0.05) is 19.1 Å². The molecule has 0 spiro atoms. The van der Waals surface area contributed by atoms with E-state index in [1.54, 1.807) is 49.4 Å². The van der Waals surface area contributed by atoms with Gasteiger partial charge in [-0.25, -0.2) is 0 Å². The molecule has 35 heavy (non-hydrogen) atoms. The Morgan fingerprint density at radius 3 is 2.37 bits per heavy atom. The average molecular weight is 593 g/mol. The minimum atomic E-state index is -3.35. The van der Waals surface area contributed by atoms with Gasteiger partial charge in [-0.3, -0.25) is 9.09 Å². The van der Waals surface area contributed by atoms with Crippen LogP contribution in [0.25, 0.3) is 10.4 Å². The lowest BCUT2D eigenvalue weighted by Gasteiger charge is -2.24. The van der Waals surface area contributed by atoms with E-state index in [-0.39, 0.29) is 8.50 Å². The van der Waals surface area contributed by atoms with Gasteiger partial charge in [0.1, 0.15) is 20.0 Å². The van der Waals surface area contributed by atoms with Crippen LogP contribution < -0.4 is 14.4 Å². The van der Waals surface area contributed by atoms with Crippen molar-refractivity contribution in [2.24, 2.45) is 9.99 Å². The van der Waals surface area contributed by atoms with Crippen molar-refractivity contribution in [3.63, 3.8) is 0 Å². The molecule has 2 rings (SSSR count). The fraction of sp³-hybridized carbons (Fsp3) is 0.278. The second kappa shape index (κ2) is 15.1. The van der Waals surface area contributed by atoms with Crippen LogP contribution in [-0.2, 0) is 25.4 Å². The Labute approximate surface area is 215 Å². The number of nitrogens with zero attached hydrogens (tertiary/aromatic N) is 5. The highest BCUT2D eigenvalue weighted by atomic mass is 32.4. The molecule has 2 aromatic carbocycles. The van der Waals surface area contributed by atoms with E-state index in [1.165, 1.54) is 14.2 Å². The van der Waals surface area contributed by atoms with E-state index in [9.17, 15) is 4.57 Å². The maximum absolute atomic E-state index is 12.7. The van der Waals surface area contributed by atoms with Gasteiger partial charge >= 0.3 is 14.7 Å². The first-order valence-corrected chi connectivity index (χ1v) is 18.3. The van der Waals surface area contributed by atoms with E-state index in [0.29, 0.717) is 11.5 Å². The fourth-order valence-corrected chi connectivity index (χ4v) is 6.89. The van der Waals surface area contributed by atoms with Crippen molar-refractivity contribution in [1.82, 2.24) is 10.1 Å². The molecule has 0 saturated heterocycles. The van der Waals surface area contributed by atoms with E-state index in [1.807, 2.05) is 24.3 Å². The third kappa shape index (κ3) is 9.28. The number of benzene rings is 2. The molecule has 0 heterocycles. The predicted octanol–water partition coefficient (Wildman–Crippen LogP) is 6.89. The first kappa shape index (κ1) is 30.0. The molecule has 0 aromatic heterocycles. The zero-order valence-corrected chi connectivity index (χ0v) is 25.0. The van der Waals surface area contributed by atoms with Crippen molar-refractivity contribution in [3.8, 4) is 11.5 Å². The zero-order chi connectivity index (χ0) is 25.8. The molecule has 5 atom stereocenters. The molecule has 0 bridgehead atoms. The summed E-state index contributed by atoms with van der Waals surface area (Å²) >= 11 is 5.47. The Morgan fingerprint density at radius 2 is 1.83 bits per heavy atom. The Balaban J connectivity index is 1.95. The molecule has 0 radical (unpaired) electrons. The smallest absolute Gasteiger partial charge is 0.472 e. The van der Waals surface area contributed by atoms with Crippen molar-refractivity contribution in [3.05, 3.63) is 70.1 Å². The summed E-state index contributed by atoms with van der Waals surface area (Å²) in [6.45, 7) is 0. The zero-order valence-electron chi connectivity index (χ0n) is 19.4. The van der Waals surface area contributed by atoms with Gasteiger partial charge in [0.2, 0.25) is 11.8 Å². The molecule has 0 saturated carbocycles. The number of nitrogens with one attached hydrogen (secondary N) is 1. The maximum atomic E-state index is 12.7. The molecule has 0 aliphatic rings. The average Bonchev–Trinajstić information content (AvgIpc) is 2.88. The monoisotopic (exact) mass is 593 g/mol. The molecule has 188 valence electrons. The van der Waals surface area contributed by atoms with Crippen LogP contribution in [0.15, 0.2) is 58.5 Å². The minimum Gasteiger partial charge on any atom is -0.472 e. The third-order valence-electron chi connectivity index (χ3n) is 4.36. The molecule has 17 heteroatoms. The lowest BCUT2D eigenvalue weighted by molar-refractivity contribution is 0.261. The van der Waals surface area contributed by atoms with Crippen LogP contribution in [0.5, 0.6) is 11.5 Å². The minimum absolute atomic E-state index is 0.0686. The second-order valence-corrected chi connectivity index (χ2v) is 17.2. The first-order chi connectivity index (χ1) is 16.8. The van der Waals surface area contributed by atoms with Crippen LogP contribution in [0.3, 0.4) is 0 Å². The summed E-state index contributed by atoms with van der Waals surface area (Å²) in [7, 11) is 2.95. The number of hydrazone groups is 1. The van der Waals surface area contributed by atoms with E-state index in [2.05, 4.69) is 29.1 Å². The number of azide groups is 1. The van der Waals surface area contributed by atoms with Crippen LogP contribution in [0, 0.1) is 0 Å². The molecule has 11 nitrogen and oxygen atoms in total. The summed E-state index contributed by atoms with van der Waals surface area (Å²) in [6, 6.07) is 14.4. The van der Waals surface area contributed by atoms with Gasteiger partial charge in [-0.15, -0.1) is 5.10 Å². The molecule has 5 unspecified atom stereocenters. The first-order valence-electron chi connectivity index (χ1n) is 9.80. The van der Waals surface area contributed by atoms with E-state index < -0.39 is 27.9 Å². The SMILES string of the molecule is CNC(c1ccc(O[P+](=S)N(C)N=Cc2ccc(OPP(P)N=[N+]=[N-])cc2)cc1)P(=O)(OC)OC. The van der Waals surface area contributed by atoms with E-state index >= 15 is 0 Å². The van der Waals surface area contributed by atoms with Crippen molar-refractivity contribution in [1.29, 1.82) is 0 Å². The summed E-state index contributed by atoms with van der Waals surface area (Å²) in [5, 5.41) is 7.34. The third-order valence-corrected chi connectivity index (χ3v) is 11.6. The Kier molecular flexibility index (Phi) is 12.9. The van der Waals surface area contributed by atoms with Gasteiger partial charge in [0.25, 0.3) is 0 Å². The number of hydrogen-bond donors (Lipinski definition) is 1. The number of hydrogen-bond acceptors (Lipinski definition) is 9. The molecule has 2 aromatic rings. The van der Waals surface area contributed by atoms with E-state index in [4.69, 9.17) is 35.4 Å². The lowest BCUT2D eigenvalue weighted by Crippen LogP contribution is -2.18. The lowest BCUT2D eigenvalue weighted by atomic mass is 10.2. The largest absolute Gasteiger partial charge is 0.540 e. The topological polar surface area (TPSA) is 130 Å². The highest BCUT2D eigenvalue weighted by Crippen LogP contribution is 2.63. The van der Waals surface area contributed by atoms with Gasteiger partial charge < -0.3 is 18.9 Å². The van der Waals surface area contributed by atoms with Gasteiger partial charge in [0.05, 0.1) is 20.7 Å². The summed E-state index contributed by atoms with van der Waals surface area (Å²) in [5.74, 6) is 0.631. The molecular formula is C18H26N6O5P5S+. The van der Waals surface area contributed by atoms with Crippen molar-refractivity contribution < 1.29 is 22.7 Å². The highest BCUT2D eigenvalue weighted by molar-refractivity contribution is 8.46. The number of rotatable bonds is 14. The molecular weight excluding hydrogens is 567 g/mol. The Morgan fingerprint density at radius 1 is 1.23 bits per heavy atom. The van der Waals surface area contributed by atoms with Crippen molar-refractivity contribution in [2.45, 2.75) is 5.78 Å². The summed E-state index contributed by atoms with van der Waals surface area (Å²) in [6.07, 6.45) is 1.67. The van der Waals surface area contributed by atoms with Crippen LogP contribution in [0.1, 0.15) is 16.9 Å². The normalized spacial score (nSPS) is 13.9. The van der Waals surface area contributed by atoms with Crippen molar-refractivity contribution in [2.75, 3.05) is 28.3 Å². The predicted molar refractivity (Wildman–Crippen MR) is 151 cm³/mol. The summed E-state index contributed by atoms with van der Waals surface area (Å²) in [4.78, 5) is 6.38. The van der Waals surface area contributed by atoms with Gasteiger partial charge in [0.15, 0.2) is 5.75 Å². The molecule has 1 N–H and O–H groups in total. The van der Waals surface area contributed by atoms with Crippen molar-refractivity contribution >= 4 is 57.6 Å². The van der Waals surface area contributed by atoms with Gasteiger partial charge in [-0.1, -0.05) is 30.7 Å². The fourth-order valence-electron chi connectivity index (χ4n) is 2.63. The van der Waals surface area contributed by atoms with Gasteiger partial charge in [-0.2, -0.15) is 0 Å². The Hall–Kier alpha value is -1.26. The summed E-state index contributed by atoms with van der Waals surface area (Å²) < 4.78 is 36.0. The van der Waals surface area contributed by atoms with Crippen LogP contribution >= 0.6 is 39.5 Å². The highest BCUT2D eigenvalue weighted by Gasteiger charge is 2.34. The Bertz CT molecular complexity index is 1100. The molecule has 0 aliphatic carbocycles.